The first-order valence-electron chi connectivity index (χ1n) is 7.58. The van der Waals surface area contributed by atoms with Gasteiger partial charge in [0.1, 0.15) is 11.6 Å². The number of benzene rings is 2. The highest BCUT2D eigenvalue weighted by atomic mass is 19.1. The van der Waals surface area contributed by atoms with E-state index in [1.807, 2.05) is 37.3 Å². The standard InChI is InChI=1S/C20H17FO3/c1-12-16(11-18(22)23)17-10-14(21)8-9-15(17)19(12)20(24-2)13-6-4-3-5-7-13/h3-10H,11H2,1-2H3,(H,22,23)/b20-19-. The number of ether oxygens (including phenoxy) is 1. The first kappa shape index (κ1) is 16.0. The van der Waals surface area contributed by atoms with Crippen LogP contribution in [0.2, 0.25) is 0 Å². The van der Waals surface area contributed by atoms with E-state index in [2.05, 4.69) is 0 Å². The quantitative estimate of drug-likeness (QED) is 0.836. The third kappa shape index (κ3) is 2.71. The van der Waals surface area contributed by atoms with Crippen LogP contribution < -0.4 is 0 Å². The summed E-state index contributed by atoms with van der Waals surface area (Å²) in [7, 11) is 1.58. The molecule has 0 bridgehead atoms. The van der Waals surface area contributed by atoms with Crippen molar-refractivity contribution in [1.29, 1.82) is 0 Å². The lowest BCUT2D eigenvalue weighted by atomic mass is 9.99. The molecule has 1 aliphatic rings. The Bertz CT molecular complexity index is 864. The van der Waals surface area contributed by atoms with Crippen molar-refractivity contribution in [2.75, 3.05) is 7.11 Å². The van der Waals surface area contributed by atoms with Crippen LogP contribution in [0.1, 0.15) is 30.0 Å². The van der Waals surface area contributed by atoms with Crippen molar-refractivity contribution in [1.82, 2.24) is 0 Å². The zero-order valence-electron chi connectivity index (χ0n) is 13.5. The first-order chi connectivity index (χ1) is 11.5. The smallest absolute Gasteiger partial charge is 0.307 e. The van der Waals surface area contributed by atoms with Gasteiger partial charge in [-0.15, -0.1) is 0 Å². The van der Waals surface area contributed by atoms with E-state index in [1.54, 1.807) is 13.2 Å². The van der Waals surface area contributed by atoms with Crippen molar-refractivity contribution in [2.24, 2.45) is 0 Å². The molecule has 3 nitrogen and oxygen atoms in total. The van der Waals surface area contributed by atoms with Gasteiger partial charge >= 0.3 is 5.97 Å². The molecule has 4 heteroatoms. The lowest BCUT2D eigenvalue weighted by molar-refractivity contribution is -0.135. The van der Waals surface area contributed by atoms with Crippen molar-refractivity contribution in [3.8, 4) is 0 Å². The Morgan fingerprint density at radius 2 is 1.83 bits per heavy atom. The topological polar surface area (TPSA) is 46.5 Å². The molecule has 0 saturated carbocycles. The molecule has 3 rings (SSSR count). The van der Waals surface area contributed by atoms with Crippen LogP contribution >= 0.6 is 0 Å². The molecule has 0 unspecified atom stereocenters. The van der Waals surface area contributed by atoms with Crippen LogP contribution in [-0.2, 0) is 9.53 Å². The second kappa shape index (κ2) is 6.32. The SMILES string of the molecule is CO/C(=C1/C(C)=C(CC(=O)O)c2cc(F)ccc21)c1ccccc1. The molecular formula is C20H17FO3. The number of carbonyl (C=O) groups is 1. The van der Waals surface area contributed by atoms with Crippen molar-refractivity contribution in [3.63, 3.8) is 0 Å². The van der Waals surface area contributed by atoms with Gasteiger partial charge in [0.15, 0.2) is 0 Å². The number of methoxy groups -OCH3 is 1. The molecule has 2 aromatic rings. The Hall–Kier alpha value is -2.88. The molecule has 0 spiro atoms. The van der Waals surface area contributed by atoms with Gasteiger partial charge in [-0.25, -0.2) is 4.39 Å². The molecule has 1 N–H and O–H groups in total. The number of rotatable bonds is 4. The second-order valence-electron chi connectivity index (χ2n) is 5.64. The van der Waals surface area contributed by atoms with Crippen LogP contribution in [0.5, 0.6) is 0 Å². The summed E-state index contributed by atoms with van der Waals surface area (Å²) in [6.45, 7) is 1.85. The third-order valence-electron chi connectivity index (χ3n) is 4.20. The summed E-state index contributed by atoms with van der Waals surface area (Å²) in [6.07, 6.45) is -0.155. The average molecular weight is 324 g/mol. The minimum absolute atomic E-state index is 0.155. The highest BCUT2D eigenvalue weighted by Crippen LogP contribution is 2.46. The van der Waals surface area contributed by atoms with Gasteiger partial charge in [0.05, 0.1) is 13.5 Å². The maximum Gasteiger partial charge on any atom is 0.307 e. The largest absolute Gasteiger partial charge is 0.495 e. The molecule has 0 atom stereocenters. The maximum absolute atomic E-state index is 13.7. The van der Waals surface area contributed by atoms with Gasteiger partial charge in [0.2, 0.25) is 0 Å². The van der Waals surface area contributed by atoms with Gasteiger partial charge in [0.25, 0.3) is 0 Å². The Morgan fingerprint density at radius 1 is 1.12 bits per heavy atom. The van der Waals surface area contributed by atoms with Gasteiger partial charge in [-0.1, -0.05) is 36.4 Å². The molecule has 2 aromatic carbocycles. The zero-order valence-corrected chi connectivity index (χ0v) is 13.5. The molecule has 0 heterocycles. The van der Waals surface area contributed by atoms with Crippen LogP contribution in [0, 0.1) is 5.82 Å². The van der Waals surface area contributed by atoms with Crippen LogP contribution in [0.25, 0.3) is 16.9 Å². The van der Waals surface area contributed by atoms with Crippen molar-refractivity contribution < 1.29 is 19.0 Å². The van der Waals surface area contributed by atoms with Crippen LogP contribution in [0.4, 0.5) is 4.39 Å². The molecule has 0 saturated heterocycles. The maximum atomic E-state index is 13.7. The van der Waals surface area contributed by atoms with E-state index in [1.165, 1.54) is 12.1 Å². The van der Waals surface area contributed by atoms with Crippen LogP contribution in [0.3, 0.4) is 0 Å². The fourth-order valence-corrected chi connectivity index (χ4v) is 3.16. The molecule has 0 fully saturated rings. The number of carboxylic acids is 1. The number of halogens is 1. The third-order valence-corrected chi connectivity index (χ3v) is 4.20. The minimum atomic E-state index is -0.945. The highest BCUT2D eigenvalue weighted by Gasteiger charge is 2.29. The van der Waals surface area contributed by atoms with E-state index in [0.717, 1.165) is 22.3 Å². The molecule has 1 aliphatic carbocycles. The monoisotopic (exact) mass is 324 g/mol. The molecule has 0 radical (unpaired) electrons. The molecule has 0 aliphatic heterocycles. The lowest BCUT2D eigenvalue weighted by Gasteiger charge is -2.13. The van der Waals surface area contributed by atoms with Gasteiger partial charge in [-0.05, 0) is 41.3 Å². The lowest BCUT2D eigenvalue weighted by Crippen LogP contribution is -1.97. The molecule has 0 amide bonds. The summed E-state index contributed by atoms with van der Waals surface area (Å²) in [5, 5.41) is 9.21. The van der Waals surface area contributed by atoms with E-state index in [4.69, 9.17) is 4.74 Å². The summed E-state index contributed by atoms with van der Waals surface area (Å²) in [5.41, 5.74) is 4.55. The number of hydrogen-bond donors (Lipinski definition) is 1. The predicted octanol–water partition coefficient (Wildman–Crippen LogP) is 4.60. The average Bonchev–Trinajstić information content (AvgIpc) is 2.82. The summed E-state index contributed by atoms with van der Waals surface area (Å²) in [4.78, 5) is 11.2. The van der Waals surface area contributed by atoms with Gasteiger partial charge in [-0.3, -0.25) is 4.79 Å². The number of aliphatic carboxylic acids is 1. The Morgan fingerprint density at radius 3 is 2.46 bits per heavy atom. The van der Waals surface area contributed by atoms with Gasteiger partial charge in [0, 0.05) is 11.1 Å². The van der Waals surface area contributed by atoms with E-state index < -0.39 is 5.97 Å². The summed E-state index contributed by atoms with van der Waals surface area (Å²) < 4.78 is 19.4. The Labute approximate surface area is 139 Å². The fraction of sp³-hybridized carbons (Fsp3) is 0.150. The number of fused-ring (bicyclic) bond motifs is 1. The zero-order chi connectivity index (χ0) is 17.3. The Kier molecular flexibility index (Phi) is 4.21. The number of carboxylic acid groups (broad SMARTS) is 1. The van der Waals surface area contributed by atoms with E-state index in [0.29, 0.717) is 16.9 Å². The van der Waals surface area contributed by atoms with Crippen LogP contribution in [0.15, 0.2) is 54.1 Å². The summed E-state index contributed by atoms with van der Waals surface area (Å²) >= 11 is 0. The van der Waals surface area contributed by atoms with Crippen molar-refractivity contribution >= 4 is 22.9 Å². The normalized spacial score (nSPS) is 15.3. The first-order valence-corrected chi connectivity index (χ1v) is 7.58. The number of hydrogen-bond acceptors (Lipinski definition) is 2. The van der Waals surface area contributed by atoms with Gasteiger partial charge in [-0.2, -0.15) is 0 Å². The van der Waals surface area contributed by atoms with E-state index in [9.17, 15) is 14.3 Å². The minimum Gasteiger partial charge on any atom is -0.495 e. The summed E-state index contributed by atoms with van der Waals surface area (Å²) in [5.74, 6) is -0.676. The Balaban J connectivity index is 2.30. The molecule has 24 heavy (non-hydrogen) atoms. The predicted molar refractivity (Wildman–Crippen MR) is 91.5 cm³/mol. The van der Waals surface area contributed by atoms with Gasteiger partial charge < -0.3 is 9.84 Å². The van der Waals surface area contributed by atoms with Crippen LogP contribution in [-0.4, -0.2) is 18.2 Å². The summed E-state index contributed by atoms with van der Waals surface area (Å²) in [6, 6.07) is 14.0. The molecular weight excluding hydrogens is 307 g/mol. The fourth-order valence-electron chi connectivity index (χ4n) is 3.16. The van der Waals surface area contributed by atoms with E-state index in [-0.39, 0.29) is 12.2 Å². The van der Waals surface area contributed by atoms with E-state index >= 15 is 0 Å². The van der Waals surface area contributed by atoms with Crippen molar-refractivity contribution in [2.45, 2.75) is 13.3 Å². The molecule has 0 aromatic heterocycles. The van der Waals surface area contributed by atoms with Crippen molar-refractivity contribution in [3.05, 3.63) is 76.6 Å². The molecule has 122 valence electrons. The number of allylic oxidation sites excluding steroid dienone is 2. The second-order valence-corrected chi connectivity index (χ2v) is 5.64. The highest BCUT2D eigenvalue weighted by molar-refractivity contribution is 6.09.